The van der Waals surface area contributed by atoms with Gasteiger partial charge in [0.25, 0.3) is 0 Å². The van der Waals surface area contributed by atoms with E-state index in [0.717, 1.165) is 27.6 Å². The molecule has 4 heteroatoms. The maximum Gasteiger partial charge on any atom is 0.340 e. The van der Waals surface area contributed by atoms with Gasteiger partial charge in [-0.05, 0) is 56.2 Å². The highest BCUT2D eigenvalue weighted by Gasteiger charge is 2.21. The molecule has 0 radical (unpaired) electrons. The molecule has 1 aromatic heterocycles. The Morgan fingerprint density at radius 1 is 0.867 bits per heavy atom. The number of anilines is 2. The Hall–Kier alpha value is -3.66. The molecule has 3 aromatic carbocycles. The third kappa shape index (κ3) is 4.33. The van der Waals surface area contributed by atoms with Crippen LogP contribution in [0.1, 0.15) is 31.1 Å². The number of nitrogens with zero attached hydrogens (tertiary/aromatic N) is 1. The first-order valence-corrected chi connectivity index (χ1v) is 9.93. The van der Waals surface area contributed by atoms with E-state index < -0.39 is 5.60 Å². The van der Waals surface area contributed by atoms with Crippen molar-refractivity contribution in [3.8, 4) is 11.1 Å². The minimum Gasteiger partial charge on any atom is -0.456 e. The summed E-state index contributed by atoms with van der Waals surface area (Å²) in [6.45, 7) is 5.61. The monoisotopic (exact) mass is 396 g/mol. The summed E-state index contributed by atoms with van der Waals surface area (Å²) in [5.41, 5.74) is 3.64. The molecule has 0 amide bonds. The van der Waals surface area contributed by atoms with Crippen molar-refractivity contribution in [2.75, 3.05) is 5.32 Å². The zero-order valence-electron chi connectivity index (χ0n) is 17.3. The molecule has 4 rings (SSSR count). The van der Waals surface area contributed by atoms with Crippen LogP contribution in [0.15, 0.2) is 85.2 Å². The van der Waals surface area contributed by atoms with Gasteiger partial charge < -0.3 is 10.1 Å². The summed E-state index contributed by atoms with van der Waals surface area (Å²) in [6, 6.07) is 23.8. The fourth-order valence-electron chi connectivity index (χ4n) is 3.35. The Morgan fingerprint density at radius 3 is 2.43 bits per heavy atom. The van der Waals surface area contributed by atoms with Crippen molar-refractivity contribution in [1.29, 1.82) is 0 Å². The average molecular weight is 396 g/mol. The number of nitrogens with one attached hydrogen (secondary N) is 1. The number of carbonyl (C=O) groups is 1. The van der Waals surface area contributed by atoms with E-state index in [-0.39, 0.29) is 5.97 Å². The third-order valence-corrected chi connectivity index (χ3v) is 4.70. The van der Waals surface area contributed by atoms with Gasteiger partial charge in [0.15, 0.2) is 0 Å². The molecule has 1 heterocycles. The van der Waals surface area contributed by atoms with E-state index in [1.807, 2.05) is 87.6 Å². The number of ether oxygens (including phenoxy) is 1. The summed E-state index contributed by atoms with van der Waals surface area (Å²) in [6.07, 6.45) is 3.60. The number of aromatic nitrogens is 1. The highest BCUT2D eigenvalue weighted by molar-refractivity contribution is 6.01. The van der Waals surface area contributed by atoms with Gasteiger partial charge in [-0.15, -0.1) is 0 Å². The van der Waals surface area contributed by atoms with Crippen LogP contribution in [-0.2, 0) is 4.74 Å². The molecular formula is C26H24N2O2. The average Bonchev–Trinajstić information content (AvgIpc) is 2.73. The lowest BCUT2D eigenvalue weighted by Crippen LogP contribution is -2.24. The summed E-state index contributed by atoms with van der Waals surface area (Å²) in [7, 11) is 0. The third-order valence-electron chi connectivity index (χ3n) is 4.70. The molecule has 30 heavy (non-hydrogen) atoms. The molecule has 1 N–H and O–H groups in total. The minimum absolute atomic E-state index is 0.355. The Kier molecular flexibility index (Phi) is 5.23. The van der Waals surface area contributed by atoms with Gasteiger partial charge in [0.2, 0.25) is 0 Å². The van der Waals surface area contributed by atoms with Crippen molar-refractivity contribution in [3.63, 3.8) is 0 Å². The second-order valence-electron chi connectivity index (χ2n) is 8.16. The fourth-order valence-corrected chi connectivity index (χ4v) is 3.35. The fraction of sp³-hybridized carbons (Fsp3) is 0.154. The van der Waals surface area contributed by atoms with Crippen LogP contribution >= 0.6 is 0 Å². The molecule has 0 atom stereocenters. The number of fused-ring (bicyclic) bond motifs is 1. The normalized spacial score (nSPS) is 11.3. The lowest BCUT2D eigenvalue weighted by Gasteiger charge is -2.21. The zero-order valence-corrected chi connectivity index (χ0v) is 17.3. The van der Waals surface area contributed by atoms with Crippen molar-refractivity contribution in [3.05, 3.63) is 90.8 Å². The maximum absolute atomic E-state index is 12.9. The quantitative estimate of drug-likeness (QED) is 0.395. The molecule has 150 valence electrons. The molecule has 0 aliphatic carbocycles. The standard InChI is InChI=1S/C26H24N2O2/c1-26(2,3)30-25(29)22-13-12-19(18-8-5-4-6-9-18)16-24(22)28-23-11-7-10-20-17-27-15-14-21(20)23/h4-17,28H,1-3H3. The van der Waals surface area contributed by atoms with Crippen LogP contribution in [0.2, 0.25) is 0 Å². The molecule has 0 fully saturated rings. The first kappa shape index (κ1) is 19.6. The maximum atomic E-state index is 12.9. The number of carbonyl (C=O) groups excluding carboxylic acids is 1. The van der Waals surface area contributed by atoms with Crippen molar-refractivity contribution >= 4 is 28.1 Å². The van der Waals surface area contributed by atoms with Crippen LogP contribution in [0.4, 0.5) is 11.4 Å². The lowest BCUT2D eigenvalue weighted by atomic mass is 10.0. The minimum atomic E-state index is -0.572. The van der Waals surface area contributed by atoms with Crippen LogP contribution in [0, 0.1) is 0 Å². The predicted molar refractivity (Wildman–Crippen MR) is 122 cm³/mol. The number of hydrogen-bond acceptors (Lipinski definition) is 4. The lowest BCUT2D eigenvalue weighted by molar-refractivity contribution is 0.00708. The molecule has 0 spiro atoms. The van der Waals surface area contributed by atoms with Gasteiger partial charge in [0, 0.05) is 28.9 Å². The van der Waals surface area contributed by atoms with Crippen molar-refractivity contribution in [1.82, 2.24) is 4.98 Å². The SMILES string of the molecule is CC(C)(C)OC(=O)c1ccc(-c2ccccc2)cc1Nc1cccc2cnccc12. The van der Waals surface area contributed by atoms with Crippen molar-refractivity contribution in [2.45, 2.75) is 26.4 Å². The largest absolute Gasteiger partial charge is 0.456 e. The van der Waals surface area contributed by atoms with Gasteiger partial charge in [0.05, 0.1) is 11.3 Å². The Bertz CT molecular complexity index is 1190. The molecule has 0 unspecified atom stereocenters. The van der Waals surface area contributed by atoms with E-state index in [9.17, 15) is 4.79 Å². The Morgan fingerprint density at radius 2 is 1.67 bits per heavy atom. The molecule has 0 bridgehead atoms. The van der Waals surface area contributed by atoms with Crippen LogP contribution in [-0.4, -0.2) is 16.6 Å². The van der Waals surface area contributed by atoms with Crippen molar-refractivity contribution in [2.24, 2.45) is 0 Å². The number of hydrogen-bond donors (Lipinski definition) is 1. The van der Waals surface area contributed by atoms with Gasteiger partial charge in [-0.2, -0.15) is 0 Å². The summed E-state index contributed by atoms with van der Waals surface area (Å²) in [5.74, 6) is -0.355. The number of pyridine rings is 1. The molecule has 0 saturated carbocycles. The number of benzene rings is 3. The zero-order chi connectivity index (χ0) is 21.1. The highest BCUT2D eigenvalue weighted by atomic mass is 16.6. The van der Waals surface area contributed by atoms with Crippen molar-refractivity contribution < 1.29 is 9.53 Å². The molecule has 4 nitrogen and oxygen atoms in total. The van der Waals surface area contributed by atoms with Gasteiger partial charge in [-0.1, -0.05) is 48.5 Å². The smallest absolute Gasteiger partial charge is 0.340 e. The van der Waals surface area contributed by atoms with Crippen LogP contribution in [0.25, 0.3) is 21.9 Å². The van der Waals surface area contributed by atoms with Gasteiger partial charge in [-0.25, -0.2) is 4.79 Å². The van der Waals surface area contributed by atoms with Gasteiger partial charge in [0.1, 0.15) is 5.60 Å². The molecule has 0 aliphatic heterocycles. The predicted octanol–water partition coefficient (Wildman–Crippen LogP) is 6.60. The molecule has 0 aliphatic rings. The van der Waals surface area contributed by atoms with E-state index >= 15 is 0 Å². The first-order valence-electron chi connectivity index (χ1n) is 9.93. The second-order valence-corrected chi connectivity index (χ2v) is 8.16. The topological polar surface area (TPSA) is 51.2 Å². The van der Waals surface area contributed by atoms with E-state index in [0.29, 0.717) is 11.3 Å². The Balaban J connectivity index is 1.81. The first-order chi connectivity index (χ1) is 14.4. The summed E-state index contributed by atoms with van der Waals surface area (Å²) in [5, 5.41) is 5.53. The molecule has 4 aromatic rings. The van der Waals surface area contributed by atoms with E-state index in [1.54, 1.807) is 6.20 Å². The van der Waals surface area contributed by atoms with Crippen LogP contribution in [0.3, 0.4) is 0 Å². The van der Waals surface area contributed by atoms with E-state index in [4.69, 9.17) is 4.74 Å². The van der Waals surface area contributed by atoms with Gasteiger partial charge >= 0.3 is 5.97 Å². The van der Waals surface area contributed by atoms with Crippen LogP contribution < -0.4 is 5.32 Å². The molecule has 0 saturated heterocycles. The Labute approximate surface area is 176 Å². The molecular weight excluding hydrogens is 372 g/mol. The highest BCUT2D eigenvalue weighted by Crippen LogP contribution is 2.32. The van der Waals surface area contributed by atoms with E-state index in [2.05, 4.69) is 22.4 Å². The second kappa shape index (κ2) is 7.99. The van der Waals surface area contributed by atoms with Crippen LogP contribution in [0.5, 0.6) is 0 Å². The van der Waals surface area contributed by atoms with Gasteiger partial charge in [-0.3, -0.25) is 4.98 Å². The van der Waals surface area contributed by atoms with E-state index in [1.165, 1.54) is 0 Å². The summed E-state index contributed by atoms with van der Waals surface area (Å²) in [4.78, 5) is 17.1. The summed E-state index contributed by atoms with van der Waals surface area (Å²) >= 11 is 0. The number of esters is 1. The number of rotatable bonds is 4. The summed E-state index contributed by atoms with van der Waals surface area (Å²) < 4.78 is 5.65.